The SMILES string of the molecule is CN(C)c1ccc(NC(=O)NC[C@H](c2cccs2)N(C)C)c(C(F)(F)F)c1. The molecule has 1 atom stereocenters. The highest BCUT2D eigenvalue weighted by Crippen LogP contribution is 2.37. The van der Waals surface area contributed by atoms with Crippen molar-refractivity contribution in [2.75, 3.05) is 45.0 Å². The van der Waals surface area contributed by atoms with Crippen LogP contribution in [0.1, 0.15) is 16.5 Å². The van der Waals surface area contributed by atoms with Gasteiger partial charge in [-0.2, -0.15) is 13.2 Å². The van der Waals surface area contributed by atoms with Crippen molar-refractivity contribution < 1.29 is 18.0 Å². The Balaban J connectivity index is 2.11. The van der Waals surface area contributed by atoms with Gasteiger partial charge >= 0.3 is 12.2 Å². The molecule has 27 heavy (non-hydrogen) atoms. The first-order valence-corrected chi connectivity index (χ1v) is 9.11. The summed E-state index contributed by atoms with van der Waals surface area (Å²) in [5.41, 5.74) is -0.756. The molecule has 2 N–H and O–H groups in total. The van der Waals surface area contributed by atoms with Crippen LogP contribution in [0.3, 0.4) is 0 Å². The van der Waals surface area contributed by atoms with Crippen molar-refractivity contribution in [2.24, 2.45) is 0 Å². The minimum atomic E-state index is -4.57. The molecular formula is C18H23F3N4OS. The highest BCUT2D eigenvalue weighted by Gasteiger charge is 2.34. The molecule has 2 aromatic rings. The largest absolute Gasteiger partial charge is 0.418 e. The number of benzene rings is 1. The van der Waals surface area contributed by atoms with E-state index in [1.807, 2.05) is 36.5 Å². The smallest absolute Gasteiger partial charge is 0.378 e. The molecule has 1 aromatic heterocycles. The lowest BCUT2D eigenvalue weighted by molar-refractivity contribution is -0.136. The average molecular weight is 400 g/mol. The fraction of sp³-hybridized carbons (Fsp3) is 0.389. The van der Waals surface area contributed by atoms with E-state index in [9.17, 15) is 18.0 Å². The number of rotatable bonds is 6. The zero-order valence-electron chi connectivity index (χ0n) is 15.6. The maximum Gasteiger partial charge on any atom is 0.418 e. The van der Waals surface area contributed by atoms with Crippen LogP contribution in [-0.2, 0) is 6.18 Å². The number of anilines is 2. The first-order valence-electron chi connectivity index (χ1n) is 8.23. The summed E-state index contributed by atoms with van der Waals surface area (Å²) in [7, 11) is 7.07. The molecule has 0 fully saturated rings. The zero-order valence-corrected chi connectivity index (χ0v) is 16.4. The quantitative estimate of drug-likeness (QED) is 0.762. The minimum Gasteiger partial charge on any atom is -0.378 e. The number of nitrogens with one attached hydrogen (secondary N) is 2. The van der Waals surface area contributed by atoms with E-state index in [4.69, 9.17) is 0 Å². The topological polar surface area (TPSA) is 47.6 Å². The third kappa shape index (κ3) is 5.61. The molecule has 2 amide bonds. The lowest BCUT2D eigenvalue weighted by Crippen LogP contribution is -2.37. The lowest BCUT2D eigenvalue weighted by atomic mass is 10.1. The summed E-state index contributed by atoms with van der Waals surface area (Å²) in [5.74, 6) is 0. The molecule has 0 unspecified atom stereocenters. The number of amides is 2. The van der Waals surface area contributed by atoms with Crippen LogP contribution >= 0.6 is 11.3 Å². The van der Waals surface area contributed by atoms with Crippen molar-refractivity contribution in [1.29, 1.82) is 0 Å². The summed E-state index contributed by atoms with van der Waals surface area (Å²) in [6.07, 6.45) is -4.57. The molecule has 1 heterocycles. The predicted molar refractivity (Wildman–Crippen MR) is 104 cm³/mol. The molecule has 0 radical (unpaired) electrons. The van der Waals surface area contributed by atoms with Crippen LogP contribution in [0.5, 0.6) is 0 Å². The highest BCUT2D eigenvalue weighted by atomic mass is 32.1. The first-order chi connectivity index (χ1) is 12.6. The van der Waals surface area contributed by atoms with E-state index in [1.54, 1.807) is 30.3 Å². The highest BCUT2D eigenvalue weighted by molar-refractivity contribution is 7.10. The number of hydrogen-bond acceptors (Lipinski definition) is 4. The molecule has 0 bridgehead atoms. The Labute approximate surface area is 160 Å². The molecule has 9 heteroatoms. The van der Waals surface area contributed by atoms with E-state index in [0.29, 0.717) is 5.69 Å². The van der Waals surface area contributed by atoms with E-state index >= 15 is 0 Å². The van der Waals surface area contributed by atoms with Crippen LogP contribution < -0.4 is 15.5 Å². The Kier molecular flexibility index (Phi) is 6.72. The number of carbonyl (C=O) groups excluding carboxylic acids is 1. The van der Waals surface area contributed by atoms with Crippen molar-refractivity contribution in [3.8, 4) is 0 Å². The predicted octanol–water partition coefficient (Wildman–Crippen LogP) is 4.26. The number of nitrogens with zero attached hydrogens (tertiary/aromatic N) is 2. The molecule has 5 nitrogen and oxygen atoms in total. The summed E-state index contributed by atoms with van der Waals surface area (Å²) in [5, 5.41) is 6.91. The molecular weight excluding hydrogens is 377 g/mol. The van der Waals surface area contributed by atoms with Gasteiger partial charge in [0.05, 0.1) is 17.3 Å². The Morgan fingerprint density at radius 1 is 1.19 bits per heavy atom. The van der Waals surface area contributed by atoms with Crippen molar-refractivity contribution >= 4 is 28.7 Å². The van der Waals surface area contributed by atoms with Crippen molar-refractivity contribution in [1.82, 2.24) is 10.2 Å². The summed E-state index contributed by atoms with van der Waals surface area (Å²) >= 11 is 1.56. The fourth-order valence-electron chi connectivity index (χ4n) is 2.53. The maximum atomic E-state index is 13.4. The fourth-order valence-corrected chi connectivity index (χ4v) is 3.45. The van der Waals surface area contributed by atoms with Gasteiger partial charge in [-0.1, -0.05) is 6.07 Å². The van der Waals surface area contributed by atoms with Crippen LogP contribution in [0.15, 0.2) is 35.7 Å². The van der Waals surface area contributed by atoms with Gasteiger partial charge in [-0.05, 0) is 43.7 Å². The van der Waals surface area contributed by atoms with Gasteiger partial charge in [-0.15, -0.1) is 11.3 Å². The van der Waals surface area contributed by atoms with Gasteiger partial charge in [0.2, 0.25) is 0 Å². The molecule has 148 valence electrons. The second-order valence-corrected chi connectivity index (χ2v) is 7.43. The van der Waals surface area contributed by atoms with E-state index in [-0.39, 0.29) is 18.3 Å². The van der Waals surface area contributed by atoms with Crippen LogP contribution in [0.2, 0.25) is 0 Å². The van der Waals surface area contributed by atoms with E-state index in [0.717, 1.165) is 10.9 Å². The number of likely N-dealkylation sites (N-methyl/N-ethyl adjacent to an activating group) is 1. The Hall–Kier alpha value is -2.26. The van der Waals surface area contributed by atoms with E-state index in [2.05, 4.69) is 10.6 Å². The van der Waals surface area contributed by atoms with Gasteiger partial charge in [0.1, 0.15) is 0 Å². The van der Waals surface area contributed by atoms with Crippen LogP contribution in [0.4, 0.5) is 29.3 Å². The summed E-state index contributed by atoms with van der Waals surface area (Å²) in [4.78, 5) is 16.8. The average Bonchev–Trinajstić information content (AvgIpc) is 3.08. The van der Waals surface area contributed by atoms with Crippen LogP contribution in [-0.4, -0.2) is 45.7 Å². The molecule has 0 aliphatic rings. The second kappa shape index (κ2) is 8.62. The Morgan fingerprint density at radius 2 is 1.89 bits per heavy atom. The van der Waals surface area contributed by atoms with Gasteiger partial charge in [-0.25, -0.2) is 4.79 Å². The number of carbonyl (C=O) groups is 1. The Morgan fingerprint density at radius 3 is 2.41 bits per heavy atom. The number of thiophene rings is 1. The van der Waals surface area contributed by atoms with Crippen molar-refractivity contribution in [3.05, 3.63) is 46.2 Å². The standard InChI is InChI=1S/C18H23F3N4OS/c1-24(2)12-7-8-14(13(10-12)18(19,20)21)23-17(26)22-11-15(25(3)4)16-6-5-9-27-16/h5-10,15H,11H2,1-4H3,(H2,22,23,26)/t15-/m1/s1. The Bertz CT molecular complexity index is 760. The van der Waals surface area contributed by atoms with Crippen LogP contribution in [0.25, 0.3) is 0 Å². The van der Waals surface area contributed by atoms with Crippen molar-refractivity contribution in [3.63, 3.8) is 0 Å². The number of urea groups is 1. The number of halogens is 3. The summed E-state index contributed by atoms with van der Waals surface area (Å²) < 4.78 is 40.1. The van der Waals surface area contributed by atoms with Gasteiger partial charge in [0.25, 0.3) is 0 Å². The third-order valence-electron chi connectivity index (χ3n) is 4.02. The van der Waals surface area contributed by atoms with Gasteiger partial charge in [0.15, 0.2) is 0 Å². The molecule has 0 spiro atoms. The maximum absolute atomic E-state index is 13.4. The summed E-state index contributed by atoms with van der Waals surface area (Å²) in [6, 6.07) is 6.94. The lowest BCUT2D eigenvalue weighted by Gasteiger charge is -2.24. The molecule has 0 saturated heterocycles. The van der Waals surface area contributed by atoms with E-state index in [1.165, 1.54) is 12.1 Å². The number of alkyl halides is 3. The van der Waals surface area contributed by atoms with Crippen LogP contribution in [0, 0.1) is 0 Å². The molecule has 1 aromatic carbocycles. The molecule has 0 aliphatic heterocycles. The van der Waals surface area contributed by atoms with Gasteiger partial charge < -0.3 is 20.4 Å². The molecule has 2 rings (SSSR count). The van der Waals surface area contributed by atoms with Gasteiger partial charge in [0, 0.05) is 31.2 Å². The summed E-state index contributed by atoms with van der Waals surface area (Å²) in [6.45, 7) is 0.274. The molecule has 0 saturated carbocycles. The minimum absolute atomic E-state index is 0.0612. The first kappa shape index (κ1) is 21.0. The monoisotopic (exact) mass is 400 g/mol. The third-order valence-corrected chi connectivity index (χ3v) is 5.00. The van der Waals surface area contributed by atoms with E-state index < -0.39 is 17.8 Å². The van der Waals surface area contributed by atoms with Gasteiger partial charge in [-0.3, -0.25) is 0 Å². The zero-order chi connectivity index (χ0) is 20.2. The normalized spacial score (nSPS) is 12.7. The van der Waals surface area contributed by atoms with Crippen molar-refractivity contribution in [2.45, 2.75) is 12.2 Å². The molecule has 0 aliphatic carbocycles. The second-order valence-electron chi connectivity index (χ2n) is 6.45. The number of hydrogen-bond donors (Lipinski definition) is 2.